The Balaban J connectivity index is 1.43. The molecule has 1 aromatic rings. The van der Waals surface area contributed by atoms with Crippen LogP contribution in [0.2, 0.25) is 0 Å². The number of carbonyl (C=O) groups is 2. The van der Waals surface area contributed by atoms with E-state index in [9.17, 15) is 9.59 Å². The van der Waals surface area contributed by atoms with Crippen LogP contribution in [0.3, 0.4) is 0 Å². The smallest absolute Gasteiger partial charge is 0.407 e. The predicted molar refractivity (Wildman–Crippen MR) is 93.9 cm³/mol. The first-order chi connectivity index (χ1) is 12.1. The number of rotatable bonds is 6. The van der Waals surface area contributed by atoms with E-state index in [0.29, 0.717) is 36.6 Å². The fourth-order valence-electron chi connectivity index (χ4n) is 4.70. The van der Waals surface area contributed by atoms with Crippen molar-refractivity contribution in [2.24, 2.45) is 23.7 Å². The Morgan fingerprint density at radius 2 is 1.80 bits per heavy atom. The van der Waals surface area contributed by atoms with Crippen molar-refractivity contribution < 1.29 is 19.4 Å². The summed E-state index contributed by atoms with van der Waals surface area (Å²) in [7, 11) is 0. The van der Waals surface area contributed by atoms with Crippen LogP contribution in [0.1, 0.15) is 44.1 Å². The monoisotopic (exact) mass is 345 g/mol. The van der Waals surface area contributed by atoms with Gasteiger partial charge in [-0.1, -0.05) is 49.6 Å². The Labute approximate surface area is 148 Å². The molecule has 2 fully saturated rings. The number of fused-ring (bicyclic) bond motifs is 2. The molecule has 136 valence electrons. The first kappa shape index (κ1) is 17.8. The van der Waals surface area contributed by atoms with Crippen molar-refractivity contribution in [1.82, 2.24) is 5.32 Å². The molecule has 25 heavy (non-hydrogen) atoms. The van der Waals surface area contributed by atoms with Gasteiger partial charge in [0.05, 0.1) is 0 Å². The van der Waals surface area contributed by atoms with Gasteiger partial charge < -0.3 is 15.2 Å². The topological polar surface area (TPSA) is 75.6 Å². The van der Waals surface area contributed by atoms with Crippen molar-refractivity contribution in [3.05, 3.63) is 35.9 Å². The van der Waals surface area contributed by atoms with Gasteiger partial charge in [-0.2, -0.15) is 0 Å². The summed E-state index contributed by atoms with van der Waals surface area (Å²) >= 11 is 0. The largest absolute Gasteiger partial charge is 0.481 e. The molecule has 2 aliphatic carbocycles. The van der Waals surface area contributed by atoms with E-state index in [0.717, 1.165) is 31.2 Å². The number of benzene rings is 1. The molecule has 0 aliphatic heterocycles. The molecule has 2 saturated carbocycles. The van der Waals surface area contributed by atoms with Crippen molar-refractivity contribution in [3.8, 4) is 0 Å². The lowest BCUT2D eigenvalue weighted by Gasteiger charge is -2.45. The third kappa shape index (κ3) is 4.97. The van der Waals surface area contributed by atoms with Crippen LogP contribution in [0.4, 0.5) is 4.79 Å². The summed E-state index contributed by atoms with van der Waals surface area (Å²) in [5.41, 5.74) is 0.973. The lowest BCUT2D eigenvalue weighted by atomic mass is 9.60. The molecule has 1 amide bonds. The standard InChI is InChI=1S/C20H27NO4/c22-19(23)11-18-16-7-4-8-17(18)10-15(9-16)12-21-20(24)25-13-14-5-2-1-3-6-14/h1-3,5-6,15-18H,4,7-13H2,(H,21,24)(H,22,23)/t15?,16-,17+,18?. The van der Waals surface area contributed by atoms with Gasteiger partial charge in [0.15, 0.2) is 0 Å². The molecule has 2 unspecified atom stereocenters. The van der Waals surface area contributed by atoms with Gasteiger partial charge in [-0.05, 0) is 42.1 Å². The van der Waals surface area contributed by atoms with Gasteiger partial charge >= 0.3 is 12.1 Å². The van der Waals surface area contributed by atoms with Crippen molar-refractivity contribution >= 4 is 12.1 Å². The zero-order valence-corrected chi connectivity index (χ0v) is 14.5. The number of aliphatic carboxylic acids is 1. The molecular weight excluding hydrogens is 318 g/mol. The van der Waals surface area contributed by atoms with E-state index in [4.69, 9.17) is 9.84 Å². The van der Waals surface area contributed by atoms with Gasteiger partial charge in [0.2, 0.25) is 0 Å². The highest BCUT2D eigenvalue weighted by atomic mass is 16.5. The molecule has 5 heteroatoms. The van der Waals surface area contributed by atoms with Gasteiger partial charge in [-0.3, -0.25) is 4.79 Å². The van der Waals surface area contributed by atoms with E-state index >= 15 is 0 Å². The van der Waals surface area contributed by atoms with Crippen LogP contribution in [-0.4, -0.2) is 23.7 Å². The highest BCUT2D eigenvalue weighted by Gasteiger charge is 2.40. The average Bonchev–Trinajstić information content (AvgIpc) is 2.59. The number of hydrogen-bond donors (Lipinski definition) is 2. The highest BCUT2D eigenvalue weighted by Crippen LogP contribution is 2.48. The lowest BCUT2D eigenvalue weighted by Crippen LogP contribution is -2.41. The number of ether oxygens (including phenoxy) is 1. The molecule has 1 aromatic carbocycles. The normalized spacial score (nSPS) is 28.2. The van der Waals surface area contributed by atoms with Crippen LogP contribution in [-0.2, 0) is 16.1 Å². The molecule has 4 atom stereocenters. The summed E-state index contributed by atoms with van der Waals surface area (Å²) in [5.74, 6) is 1.08. The summed E-state index contributed by atoms with van der Waals surface area (Å²) < 4.78 is 5.26. The second kappa shape index (κ2) is 8.37. The summed E-state index contributed by atoms with van der Waals surface area (Å²) in [6.07, 6.45) is 5.44. The Bertz CT molecular complexity index is 575. The second-order valence-corrected chi connectivity index (χ2v) is 7.49. The molecule has 2 bridgehead atoms. The zero-order chi connectivity index (χ0) is 17.6. The van der Waals surface area contributed by atoms with E-state index in [1.54, 1.807) is 0 Å². The van der Waals surface area contributed by atoms with Crippen LogP contribution in [0.5, 0.6) is 0 Å². The number of carboxylic acid groups (broad SMARTS) is 1. The third-order valence-corrected chi connectivity index (χ3v) is 5.79. The van der Waals surface area contributed by atoms with Gasteiger partial charge in [-0.15, -0.1) is 0 Å². The van der Waals surface area contributed by atoms with E-state index in [-0.39, 0.29) is 12.7 Å². The minimum absolute atomic E-state index is 0.281. The molecule has 5 nitrogen and oxygen atoms in total. The SMILES string of the molecule is O=C(O)CC1[C@@H]2CCC[C@H]1CC(CNC(=O)OCc1ccccc1)C2. The average molecular weight is 345 g/mol. The molecular formula is C20H27NO4. The van der Waals surface area contributed by atoms with Crippen LogP contribution < -0.4 is 5.32 Å². The minimum atomic E-state index is -0.678. The summed E-state index contributed by atoms with van der Waals surface area (Å²) in [6.45, 7) is 0.906. The Morgan fingerprint density at radius 3 is 2.44 bits per heavy atom. The zero-order valence-electron chi connectivity index (χ0n) is 14.5. The van der Waals surface area contributed by atoms with E-state index < -0.39 is 5.97 Å². The molecule has 0 heterocycles. The highest BCUT2D eigenvalue weighted by molar-refractivity contribution is 5.67. The second-order valence-electron chi connectivity index (χ2n) is 7.49. The van der Waals surface area contributed by atoms with Crippen molar-refractivity contribution in [2.75, 3.05) is 6.54 Å². The van der Waals surface area contributed by atoms with Crippen LogP contribution in [0, 0.1) is 23.7 Å². The molecule has 3 rings (SSSR count). The number of nitrogens with one attached hydrogen (secondary N) is 1. The number of alkyl carbamates (subject to hydrolysis) is 1. The molecule has 0 spiro atoms. The van der Waals surface area contributed by atoms with E-state index in [1.807, 2.05) is 30.3 Å². The first-order valence-corrected chi connectivity index (χ1v) is 9.28. The maximum absolute atomic E-state index is 11.9. The quantitative estimate of drug-likeness (QED) is 0.821. The Kier molecular flexibility index (Phi) is 5.95. The summed E-state index contributed by atoms with van der Waals surface area (Å²) in [4.78, 5) is 23.0. The Morgan fingerprint density at radius 1 is 1.12 bits per heavy atom. The number of hydrogen-bond acceptors (Lipinski definition) is 3. The predicted octanol–water partition coefficient (Wildman–Crippen LogP) is 3.83. The van der Waals surface area contributed by atoms with E-state index in [2.05, 4.69) is 5.32 Å². The maximum atomic E-state index is 11.9. The van der Waals surface area contributed by atoms with Gasteiger partial charge in [-0.25, -0.2) is 4.79 Å². The third-order valence-electron chi connectivity index (χ3n) is 5.79. The summed E-state index contributed by atoms with van der Waals surface area (Å²) in [6, 6.07) is 9.63. The molecule has 2 aliphatic rings. The van der Waals surface area contributed by atoms with E-state index in [1.165, 1.54) is 6.42 Å². The van der Waals surface area contributed by atoms with Crippen molar-refractivity contribution in [1.29, 1.82) is 0 Å². The Hall–Kier alpha value is -2.04. The molecule has 0 radical (unpaired) electrons. The van der Waals surface area contributed by atoms with Gasteiger partial charge in [0.25, 0.3) is 0 Å². The number of carboxylic acids is 1. The maximum Gasteiger partial charge on any atom is 0.407 e. The molecule has 2 N–H and O–H groups in total. The minimum Gasteiger partial charge on any atom is -0.481 e. The number of amides is 1. The van der Waals surface area contributed by atoms with Crippen molar-refractivity contribution in [3.63, 3.8) is 0 Å². The first-order valence-electron chi connectivity index (χ1n) is 9.28. The van der Waals surface area contributed by atoms with Crippen LogP contribution in [0.15, 0.2) is 30.3 Å². The fraction of sp³-hybridized carbons (Fsp3) is 0.600. The van der Waals surface area contributed by atoms with Gasteiger partial charge in [0.1, 0.15) is 6.61 Å². The van der Waals surface area contributed by atoms with Crippen LogP contribution in [0.25, 0.3) is 0 Å². The lowest BCUT2D eigenvalue weighted by molar-refractivity contribution is -0.140. The van der Waals surface area contributed by atoms with Crippen LogP contribution >= 0.6 is 0 Å². The molecule has 0 saturated heterocycles. The number of carbonyl (C=O) groups excluding carboxylic acids is 1. The van der Waals surface area contributed by atoms with Crippen molar-refractivity contribution in [2.45, 2.75) is 45.1 Å². The fourth-order valence-corrected chi connectivity index (χ4v) is 4.70. The summed E-state index contributed by atoms with van der Waals surface area (Å²) in [5, 5.41) is 12.0. The van der Waals surface area contributed by atoms with Gasteiger partial charge in [0, 0.05) is 13.0 Å². The molecule has 0 aromatic heterocycles.